The van der Waals surface area contributed by atoms with Crippen LogP contribution in [0.2, 0.25) is 0 Å². The van der Waals surface area contributed by atoms with E-state index in [-0.39, 0.29) is 17.6 Å². The molecule has 1 aliphatic rings. The molecule has 1 fully saturated rings. The fourth-order valence-corrected chi connectivity index (χ4v) is 3.90. The summed E-state index contributed by atoms with van der Waals surface area (Å²) >= 11 is 1.01. The van der Waals surface area contributed by atoms with E-state index >= 15 is 0 Å². The number of benzene rings is 2. The minimum atomic E-state index is -4.42. The first kappa shape index (κ1) is 21.2. The SMILES string of the molecule is O=C(CSc1cccc(C(F)(F)F)c1)Nc1ccccc1C(=O)N1CCCCC1. The van der Waals surface area contributed by atoms with Crippen molar-refractivity contribution in [2.75, 3.05) is 24.2 Å². The van der Waals surface area contributed by atoms with Crippen LogP contribution in [0, 0.1) is 0 Å². The van der Waals surface area contributed by atoms with Crippen molar-refractivity contribution in [3.05, 3.63) is 59.7 Å². The van der Waals surface area contributed by atoms with Crippen LogP contribution in [0.25, 0.3) is 0 Å². The van der Waals surface area contributed by atoms with Gasteiger partial charge in [0.1, 0.15) is 0 Å². The second kappa shape index (κ2) is 9.35. The van der Waals surface area contributed by atoms with E-state index in [0.717, 1.165) is 43.2 Å². The summed E-state index contributed by atoms with van der Waals surface area (Å²) in [5.74, 6) is -0.564. The Morgan fingerprint density at radius 1 is 1.00 bits per heavy atom. The van der Waals surface area contributed by atoms with Gasteiger partial charge in [-0.05, 0) is 49.6 Å². The van der Waals surface area contributed by atoms with Crippen molar-refractivity contribution >= 4 is 29.3 Å². The van der Waals surface area contributed by atoms with Crippen molar-refractivity contribution < 1.29 is 22.8 Å². The number of hydrogen-bond donors (Lipinski definition) is 1. The van der Waals surface area contributed by atoms with Crippen molar-refractivity contribution in [3.8, 4) is 0 Å². The number of anilines is 1. The minimum absolute atomic E-state index is 0.0620. The minimum Gasteiger partial charge on any atom is -0.339 e. The molecule has 0 spiro atoms. The predicted octanol–water partition coefficient (Wildman–Crippen LogP) is 5.06. The second-order valence-electron chi connectivity index (χ2n) is 6.76. The number of nitrogens with zero attached hydrogens (tertiary/aromatic N) is 1. The van der Waals surface area contributed by atoms with Crippen LogP contribution in [0.4, 0.5) is 18.9 Å². The monoisotopic (exact) mass is 422 g/mol. The molecule has 2 amide bonds. The van der Waals surface area contributed by atoms with Crippen LogP contribution >= 0.6 is 11.8 Å². The Labute approximate surface area is 171 Å². The van der Waals surface area contributed by atoms with Gasteiger partial charge in [-0.25, -0.2) is 0 Å². The summed E-state index contributed by atoms with van der Waals surface area (Å²) in [5, 5.41) is 2.72. The van der Waals surface area contributed by atoms with Crippen molar-refractivity contribution in [2.24, 2.45) is 0 Å². The first-order chi connectivity index (χ1) is 13.8. The van der Waals surface area contributed by atoms with Crippen molar-refractivity contribution in [1.82, 2.24) is 4.90 Å². The third-order valence-electron chi connectivity index (χ3n) is 4.61. The Balaban J connectivity index is 1.63. The summed E-state index contributed by atoms with van der Waals surface area (Å²) < 4.78 is 38.4. The molecule has 0 radical (unpaired) electrons. The summed E-state index contributed by atoms with van der Waals surface area (Å²) in [7, 11) is 0. The van der Waals surface area contributed by atoms with Crippen LogP contribution in [0.1, 0.15) is 35.2 Å². The Morgan fingerprint density at radius 3 is 2.45 bits per heavy atom. The van der Waals surface area contributed by atoms with Gasteiger partial charge in [-0.15, -0.1) is 11.8 Å². The van der Waals surface area contributed by atoms with E-state index in [9.17, 15) is 22.8 Å². The highest BCUT2D eigenvalue weighted by Crippen LogP contribution is 2.32. The highest BCUT2D eigenvalue weighted by atomic mass is 32.2. The number of carbonyl (C=O) groups is 2. The molecule has 4 nitrogen and oxygen atoms in total. The van der Waals surface area contributed by atoms with E-state index in [2.05, 4.69) is 5.32 Å². The molecular weight excluding hydrogens is 401 g/mol. The molecule has 154 valence electrons. The number of halogens is 3. The Hall–Kier alpha value is -2.48. The van der Waals surface area contributed by atoms with Gasteiger partial charge in [-0.3, -0.25) is 9.59 Å². The molecule has 0 saturated carbocycles. The zero-order valence-corrected chi connectivity index (χ0v) is 16.5. The normalized spacial score (nSPS) is 14.5. The maximum atomic E-state index is 12.8. The van der Waals surface area contributed by atoms with Gasteiger partial charge in [-0.2, -0.15) is 13.2 Å². The summed E-state index contributed by atoms with van der Waals surface area (Å²) in [6, 6.07) is 11.7. The molecule has 3 rings (SSSR count). The number of para-hydroxylation sites is 1. The smallest absolute Gasteiger partial charge is 0.339 e. The molecule has 1 saturated heterocycles. The van der Waals surface area contributed by atoms with Crippen molar-refractivity contribution in [2.45, 2.75) is 30.3 Å². The van der Waals surface area contributed by atoms with E-state index in [0.29, 0.717) is 29.2 Å². The van der Waals surface area contributed by atoms with E-state index < -0.39 is 11.7 Å². The third-order valence-corrected chi connectivity index (χ3v) is 5.60. The van der Waals surface area contributed by atoms with Crippen LogP contribution in [-0.2, 0) is 11.0 Å². The van der Waals surface area contributed by atoms with Crippen LogP contribution in [0.15, 0.2) is 53.4 Å². The quantitative estimate of drug-likeness (QED) is 0.685. The van der Waals surface area contributed by atoms with Gasteiger partial charge in [0.15, 0.2) is 0 Å². The lowest BCUT2D eigenvalue weighted by Gasteiger charge is -2.27. The number of carbonyl (C=O) groups excluding carboxylic acids is 2. The Bertz CT molecular complexity index is 880. The van der Waals surface area contributed by atoms with Gasteiger partial charge in [0.05, 0.1) is 22.6 Å². The molecule has 1 N–H and O–H groups in total. The molecule has 29 heavy (non-hydrogen) atoms. The second-order valence-corrected chi connectivity index (χ2v) is 7.81. The lowest BCUT2D eigenvalue weighted by molar-refractivity contribution is -0.137. The van der Waals surface area contributed by atoms with E-state index in [1.54, 1.807) is 29.2 Å². The van der Waals surface area contributed by atoms with Crippen LogP contribution in [0.3, 0.4) is 0 Å². The number of nitrogens with one attached hydrogen (secondary N) is 1. The first-order valence-corrected chi connectivity index (χ1v) is 10.3. The average molecular weight is 422 g/mol. The molecule has 0 aliphatic carbocycles. The van der Waals surface area contributed by atoms with Gasteiger partial charge in [-0.1, -0.05) is 18.2 Å². The molecule has 1 aliphatic heterocycles. The third kappa shape index (κ3) is 5.76. The van der Waals surface area contributed by atoms with Crippen LogP contribution < -0.4 is 5.32 Å². The fraction of sp³-hybridized carbons (Fsp3) is 0.333. The molecule has 0 aromatic heterocycles. The first-order valence-electron chi connectivity index (χ1n) is 9.33. The molecule has 0 unspecified atom stereocenters. The van der Waals surface area contributed by atoms with E-state index in [1.165, 1.54) is 12.1 Å². The average Bonchev–Trinajstić information content (AvgIpc) is 2.72. The van der Waals surface area contributed by atoms with Gasteiger partial charge in [0, 0.05) is 18.0 Å². The van der Waals surface area contributed by atoms with E-state index in [1.807, 2.05) is 0 Å². The highest BCUT2D eigenvalue weighted by molar-refractivity contribution is 8.00. The topological polar surface area (TPSA) is 49.4 Å². The number of thioether (sulfide) groups is 1. The fourth-order valence-electron chi connectivity index (χ4n) is 3.14. The molecule has 1 heterocycles. The maximum Gasteiger partial charge on any atom is 0.416 e. The highest BCUT2D eigenvalue weighted by Gasteiger charge is 2.30. The van der Waals surface area contributed by atoms with Crippen molar-refractivity contribution in [3.63, 3.8) is 0 Å². The zero-order valence-electron chi connectivity index (χ0n) is 15.7. The van der Waals surface area contributed by atoms with Gasteiger partial charge in [0.25, 0.3) is 5.91 Å². The molecule has 2 aromatic carbocycles. The summed E-state index contributed by atoms with van der Waals surface area (Å²) in [4.78, 5) is 27.3. The molecule has 2 aromatic rings. The number of piperidine rings is 1. The lowest BCUT2D eigenvalue weighted by Crippen LogP contribution is -2.36. The molecule has 0 bridgehead atoms. The Morgan fingerprint density at radius 2 is 1.72 bits per heavy atom. The van der Waals surface area contributed by atoms with Crippen molar-refractivity contribution in [1.29, 1.82) is 0 Å². The number of alkyl halides is 3. The number of hydrogen-bond acceptors (Lipinski definition) is 3. The predicted molar refractivity (Wildman–Crippen MR) is 107 cm³/mol. The number of rotatable bonds is 5. The summed E-state index contributed by atoms with van der Waals surface area (Å²) in [6.07, 6.45) is -1.39. The van der Waals surface area contributed by atoms with Gasteiger partial charge >= 0.3 is 6.18 Å². The van der Waals surface area contributed by atoms with Crippen LogP contribution in [-0.4, -0.2) is 35.6 Å². The largest absolute Gasteiger partial charge is 0.416 e. The Kier molecular flexibility index (Phi) is 6.84. The van der Waals surface area contributed by atoms with Gasteiger partial charge < -0.3 is 10.2 Å². The van der Waals surface area contributed by atoms with Crippen LogP contribution in [0.5, 0.6) is 0 Å². The molecular formula is C21H21F3N2O2S. The number of amides is 2. The summed E-state index contributed by atoms with van der Waals surface area (Å²) in [5.41, 5.74) is 0.0879. The number of likely N-dealkylation sites (tertiary alicyclic amines) is 1. The maximum absolute atomic E-state index is 12.8. The van der Waals surface area contributed by atoms with Gasteiger partial charge in [0.2, 0.25) is 5.91 Å². The summed E-state index contributed by atoms with van der Waals surface area (Å²) in [6.45, 7) is 1.40. The zero-order chi connectivity index (χ0) is 20.9. The standard InChI is InChI=1S/C21H21F3N2O2S/c22-21(23,24)15-7-6-8-16(13-15)29-14-19(27)25-18-10-3-2-9-17(18)20(28)26-11-4-1-5-12-26/h2-3,6-10,13H,1,4-5,11-12,14H2,(H,25,27). The lowest BCUT2D eigenvalue weighted by atomic mass is 10.1. The van der Waals surface area contributed by atoms with E-state index in [4.69, 9.17) is 0 Å². The molecule has 8 heteroatoms. The molecule has 0 atom stereocenters.